The van der Waals surface area contributed by atoms with Gasteiger partial charge in [-0.3, -0.25) is 9.69 Å². The average Bonchev–Trinajstić information content (AvgIpc) is 3.54. The summed E-state index contributed by atoms with van der Waals surface area (Å²) < 4.78 is 15.5. The van der Waals surface area contributed by atoms with Crippen molar-refractivity contribution in [2.45, 2.75) is 24.3 Å². The van der Waals surface area contributed by atoms with E-state index in [0.29, 0.717) is 35.4 Å². The van der Waals surface area contributed by atoms with Crippen LogP contribution in [-0.2, 0) is 20.8 Å². The zero-order valence-corrected chi connectivity index (χ0v) is 22.5. The molecule has 0 radical (unpaired) electrons. The quantitative estimate of drug-likeness (QED) is 0.407. The Morgan fingerprint density at radius 1 is 1.36 bits per heavy atom. The van der Waals surface area contributed by atoms with Gasteiger partial charge in [0.05, 0.1) is 40.8 Å². The maximum absolute atomic E-state index is 12.4. The number of hydrogen-bond acceptors (Lipinski definition) is 11. The first-order valence-electron chi connectivity index (χ1n) is 11.2. The number of hydrogen-bond donors (Lipinski definition) is 2. The monoisotopic (exact) mass is 573 g/mol. The highest BCUT2D eigenvalue weighted by Gasteiger charge is 2.25. The largest absolute Gasteiger partial charge is 0.459 e. The Balaban J connectivity index is 1.15. The van der Waals surface area contributed by atoms with Gasteiger partial charge in [0.25, 0.3) is 0 Å². The molecule has 1 amide bonds. The first-order chi connectivity index (χ1) is 17.4. The second-order valence-electron chi connectivity index (χ2n) is 7.88. The second-order valence-corrected chi connectivity index (χ2v) is 11.1. The van der Waals surface area contributed by atoms with E-state index in [2.05, 4.69) is 25.7 Å². The fourth-order valence-corrected chi connectivity index (χ4v) is 5.75. The molecule has 2 N–H and O–H groups in total. The van der Waals surface area contributed by atoms with Gasteiger partial charge in [-0.15, -0.1) is 11.8 Å². The molecular weight excluding hydrogens is 549 g/mol. The number of ether oxygens (including phenoxy) is 2. The Bertz CT molecular complexity index is 1120. The van der Waals surface area contributed by atoms with Gasteiger partial charge in [0.2, 0.25) is 11.7 Å². The molecule has 1 unspecified atom stereocenters. The number of nitrogens with one attached hydrogen (secondary N) is 2. The lowest BCUT2D eigenvalue weighted by atomic mass is 10.2. The molecule has 1 aromatic heterocycles. The minimum atomic E-state index is -0.662. The van der Waals surface area contributed by atoms with Gasteiger partial charge in [0, 0.05) is 31.6 Å². The van der Waals surface area contributed by atoms with Crippen LogP contribution in [0, 0.1) is 0 Å². The van der Waals surface area contributed by atoms with Crippen molar-refractivity contribution < 1.29 is 23.6 Å². The second kappa shape index (κ2) is 13.0. The summed E-state index contributed by atoms with van der Waals surface area (Å²) in [6.45, 7) is 5.20. The molecule has 14 heteroatoms. The highest BCUT2D eigenvalue weighted by Crippen LogP contribution is 2.32. The number of nitrogens with zero attached hydrogens (tertiary/aromatic N) is 3. The molecule has 2 aliphatic heterocycles. The number of morpholine rings is 1. The van der Waals surface area contributed by atoms with Gasteiger partial charge in [-0.1, -0.05) is 46.2 Å². The smallest absolute Gasteiger partial charge is 0.397 e. The molecule has 2 atom stereocenters. The summed E-state index contributed by atoms with van der Waals surface area (Å²) in [6.07, 6.45) is -0.0884. The number of benzene rings is 1. The van der Waals surface area contributed by atoms with Crippen LogP contribution < -0.4 is 10.6 Å². The van der Waals surface area contributed by atoms with Crippen LogP contribution in [0.15, 0.2) is 28.1 Å². The van der Waals surface area contributed by atoms with Crippen molar-refractivity contribution in [1.82, 2.24) is 25.7 Å². The van der Waals surface area contributed by atoms with E-state index >= 15 is 0 Å². The first kappa shape index (κ1) is 27.1. The van der Waals surface area contributed by atoms with Gasteiger partial charge in [-0.2, -0.15) is 4.98 Å². The van der Waals surface area contributed by atoms with Gasteiger partial charge in [0.1, 0.15) is 4.71 Å². The van der Waals surface area contributed by atoms with Crippen molar-refractivity contribution in [2.75, 3.05) is 38.6 Å². The Morgan fingerprint density at radius 2 is 2.22 bits per heavy atom. The maximum Gasteiger partial charge on any atom is 0.397 e. The third-order valence-corrected chi connectivity index (χ3v) is 8.27. The number of rotatable bonds is 10. The van der Waals surface area contributed by atoms with Crippen LogP contribution in [0.4, 0.5) is 0 Å². The number of amides is 1. The Labute approximate surface area is 226 Å². The van der Waals surface area contributed by atoms with Crippen LogP contribution in [0.5, 0.6) is 0 Å². The van der Waals surface area contributed by atoms with Crippen LogP contribution in [0.1, 0.15) is 29.0 Å². The molecule has 3 heterocycles. The molecule has 10 nitrogen and oxygen atoms in total. The highest BCUT2D eigenvalue weighted by atomic mass is 35.5. The average molecular weight is 575 g/mol. The van der Waals surface area contributed by atoms with Gasteiger partial charge in [-0.05, 0) is 24.6 Å². The zero-order valence-electron chi connectivity index (χ0n) is 19.4. The van der Waals surface area contributed by atoms with E-state index in [0.717, 1.165) is 18.7 Å². The molecule has 1 saturated heterocycles. The predicted octanol–water partition coefficient (Wildman–Crippen LogP) is 3.22. The molecule has 4 rings (SSSR count). The van der Waals surface area contributed by atoms with Gasteiger partial charge in [0.15, 0.2) is 0 Å². The van der Waals surface area contributed by atoms with Crippen molar-refractivity contribution in [3.8, 4) is 0 Å². The number of carbonyl (C=O) groups excluding carboxylic acids is 2. The van der Waals surface area contributed by atoms with Crippen LogP contribution in [0.3, 0.4) is 0 Å². The van der Waals surface area contributed by atoms with Crippen LogP contribution in [0.2, 0.25) is 10.0 Å². The normalized spacial score (nSPS) is 20.0. The Kier molecular flexibility index (Phi) is 9.80. The summed E-state index contributed by atoms with van der Waals surface area (Å²) in [4.78, 5) is 30.4. The molecule has 36 heavy (non-hydrogen) atoms. The number of aromatic nitrogens is 2. The molecular formula is C22H25Cl2N5O5S2. The highest BCUT2D eigenvalue weighted by molar-refractivity contribution is 8.18. The summed E-state index contributed by atoms with van der Waals surface area (Å²) in [5, 5.41) is 12.9. The SMILES string of the molecule is CCOC(=O)c1nc(C2=CSC(SCC(=O)NC[C@H]3CN(Cc4ccc(Cl)c(Cl)c4)CCO3)N2)no1. The van der Waals surface area contributed by atoms with Gasteiger partial charge in [-0.25, -0.2) is 4.79 Å². The van der Waals surface area contributed by atoms with Crippen LogP contribution in [0.25, 0.3) is 5.70 Å². The van der Waals surface area contributed by atoms with Gasteiger partial charge < -0.3 is 24.6 Å². The summed E-state index contributed by atoms with van der Waals surface area (Å²) in [5.41, 5.74) is 1.70. The van der Waals surface area contributed by atoms with E-state index in [4.69, 9.17) is 37.2 Å². The molecule has 0 saturated carbocycles. The predicted molar refractivity (Wildman–Crippen MR) is 140 cm³/mol. The summed E-state index contributed by atoms with van der Waals surface area (Å²) >= 11 is 15.0. The Morgan fingerprint density at radius 3 is 3.03 bits per heavy atom. The first-order valence-corrected chi connectivity index (χ1v) is 14.0. The van der Waals surface area contributed by atoms with E-state index < -0.39 is 5.97 Å². The van der Waals surface area contributed by atoms with E-state index in [1.54, 1.807) is 13.0 Å². The molecule has 0 spiro atoms. The van der Waals surface area contributed by atoms with Crippen molar-refractivity contribution in [3.63, 3.8) is 0 Å². The van der Waals surface area contributed by atoms with Crippen LogP contribution in [-0.4, -0.2) is 76.3 Å². The van der Waals surface area contributed by atoms with Crippen molar-refractivity contribution in [1.29, 1.82) is 0 Å². The molecule has 1 aromatic carbocycles. The zero-order chi connectivity index (χ0) is 25.5. The molecule has 194 valence electrons. The lowest BCUT2D eigenvalue weighted by Gasteiger charge is -2.33. The maximum atomic E-state index is 12.4. The molecule has 0 bridgehead atoms. The van der Waals surface area contributed by atoms with Crippen molar-refractivity contribution >= 4 is 64.3 Å². The number of esters is 1. The molecule has 1 fully saturated rings. The minimum absolute atomic E-state index is 0.0785. The Hall–Kier alpha value is -1.96. The summed E-state index contributed by atoms with van der Waals surface area (Å²) in [6, 6.07) is 5.64. The van der Waals surface area contributed by atoms with E-state index in [9.17, 15) is 9.59 Å². The lowest BCUT2D eigenvalue weighted by molar-refractivity contribution is -0.119. The topological polar surface area (TPSA) is 119 Å². The fourth-order valence-electron chi connectivity index (χ4n) is 3.51. The summed E-state index contributed by atoms with van der Waals surface area (Å²) in [5.74, 6) is -0.408. The molecule has 0 aliphatic carbocycles. The number of thioether (sulfide) groups is 2. The standard InChI is InChI=1S/C22H25Cl2N5O5S2/c1-2-32-21(31)20-27-19(28-34-20)17-11-35-22(26-17)36-12-18(30)25-8-14-10-29(5-6-33-14)9-13-3-4-15(23)16(24)7-13/h3-4,7,11,14,22,26H,2,5-6,8-10,12H2,1H3,(H,25,30)/t14-,22?/m0/s1. The van der Waals surface area contributed by atoms with Gasteiger partial charge >= 0.3 is 11.9 Å². The third-order valence-electron chi connectivity index (χ3n) is 5.21. The molecule has 2 aliphatic rings. The minimum Gasteiger partial charge on any atom is -0.459 e. The molecule has 2 aromatic rings. The van der Waals surface area contributed by atoms with Crippen molar-refractivity contribution in [2.24, 2.45) is 0 Å². The summed E-state index contributed by atoms with van der Waals surface area (Å²) in [7, 11) is 0. The van der Waals surface area contributed by atoms with Crippen LogP contribution >= 0.6 is 46.7 Å². The lowest BCUT2D eigenvalue weighted by Crippen LogP contribution is -2.47. The van der Waals surface area contributed by atoms with Crippen molar-refractivity contribution in [3.05, 3.63) is 50.9 Å². The van der Waals surface area contributed by atoms with E-state index in [-0.39, 0.29) is 40.8 Å². The number of carbonyl (C=O) groups is 2. The van der Waals surface area contributed by atoms with E-state index in [1.165, 1.54) is 23.5 Å². The third kappa shape index (κ3) is 7.53. The number of halogens is 2. The fraction of sp³-hybridized carbons (Fsp3) is 0.455. The van der Waals surface area contributed by atoms with E-state index in [1.807, 2.05) is 17.5 Å².